The second kappa shape index (κ2) is 8.13. The summed E-state index contributed by atoms with van der Waals surface area (Å²) in [5.41, 5.74) is 0.710. The number of amides is 1. The number of fused-ring (bicyclic) bond motifs is 1. The van der Waals surface area contributed by atoms with Crippen LogP contribution in [0.25, 0.3) is 0 Å². The number of hydrogen-bond donors (Lipinski definition) is 0. The van der Waals surface area contributed by atoms with E-state index in [1.807, 2.05) is 41.3 Å². The third-order valence-corrected chi connectivity index (χ3v) is 8.00. The highest BCUT2D eigenvalue weighted by Gasteiger charge is 2.46. The molecule has 2 aliphatic rings. The van der Waals surface area contributed by atoms with E-state index in [9.17, 15) is 13.2 Å². The van der Waals surface area contributed by atoms with Gasteiger partial charge >= 0.3 is 0 Å². The maximum Gasteiger partial charge on any atom is 0.243 e. The van der Waals surface area contributed by atoms with Crippen LogP contribution in [0.2, 0.25) is 0 Å². The van der Waals surface area contributed by atoms with Crippen LogP contribution < -0.4 is 0 Å². The van der Waals surface area contributed by atoms with Crippen molar-refractivity contribution in [1.82, 2.24) is 14.1 Å². The molecule has 2 heterocycles. The Morgan fingerprint density at radius 1 is 0.967 bits per heavy atom. The quantitative estimate of drug-likeness (QED) is 0.751. The number of nitrogens with zero attached hydrogens (tertiary/aromatic N) is 3. The van der Waals surface area contributed by atoms with Crippen molar-refractivity contribution in [2.24, 2.45) is 0 Å². The highest BCUT2D eigenvalue weighted by molar-refractivity contribution is 7.89. The van der Waals surface area contributed by atoms with Gasteiger partial charge in [0.15, 0.2) is 0 Å². The van der Waals surface area contributed by atoms with Crippen LogP contribution in [0.3, 0.4) is 0 Å². The van der Waals surface area contributed by atoms with Gasteiger partial charge in [-0.25, -0.2) is 8.42 Å². The van der Waals surface area contributed by atoms with Crippen LogP contribution in [0.15, 0.2) is 65.6 Å². The molecule has 0 saturated carbocycles. The Hall–Kier alpha value is -2.22. The Morgan fingerprint density at radius 3 is 2.27 bits per heavy atom. The lowest BCUT2D eigenvalue weighted by molar-refractivity contribution is -0.136. The van der Waals surface area contributed by atoms with E-state index in [4.69, 9.17) is 0 Å². The van der Waals surface area contributed by atoms with E-state index in [0.717, 1.165) is 12.1 Å². The Kier molecular flexibility index (Phi) is 5.70. The van der Waals surface area contributed by atoms with Crippen molar-refractivity contribution >= 4 is 15.9 Å². The zero-order valence-electron chi connectivity index (χ0n) is 17.6. The molecular formula is C23H29N3O3S. The maximum atomic E-state index is 13.2. The Labute approximate surface area is 179 Å². The highest BCUT2D eigenvalue weighted by atomic mass is 32.2. The van der Waals surface area contributed by atoms with Crippen molar-refractivity contribution < 1.29 is 13.2 Å². The lowest BCUT2D eigenvalue weighted by Gasteiger charge is -2.55. The first-order chi connectivity index (χ1) is 14.3. The van der Waals surface area contributed by atoms with E-state index in [1.165, 1.54) is 0 Å². The summed E-state index contributed by atoms with van der Waals surface area (Å²) >= 11 is 0. The van der Waals surface area contributed by atoms with Crippen molar-refractivity contribution in [2.45, 2.75) is 36.7 Å². The first-order valence-corrected chi connectivity index (χ1v) is 11.8. The molecule has 2 aromatic carbocycles. The fourth-order valence-electron chi connectivity index (χ4n) is 4.66. The molecule has 1 unspecified atom stereocenters. The molecule has 0 aliphatic carbocycles. The van der Waals surface area contributed by atoms with E-state index in [1.54, 1.807) is 28.6 Å². The van der Waals surface area contributed by atoms with Crippen LogP contribution in [-0.4, -0.2) is 72.7 Å². The van der Waals surface area contributed by atoms with E-state index in [2.05, 4.69) is 18.7 Å². The van der Waals surface area contributed by atoms with Crippen LogP contribution >= 0.6 is 0 Å². The van der Waals surface area contributed by atoms with E-state index >= 15 is 0 Å². The fourth-order valence-corrected chi connectivity index (χ4v) is 6.32. The number of sulfonamides is 1. The third-order valence-electron chi connectivity index (χ3n) is 6.17. The third kappa shape index (κ3) is 4.15. The molecule has 0 aromatic heterocycles. The van der Waals surface area contributed by atoms with Gasteiger partial charge in [0.1, 0.15) is 0 Å². The van der Waals surface area contributed by atoms with Gasteiger partial charge in [0.2, 0.25) is 15.9 Å². The molecule has 0 spiro atoms. The molecule has 30 heavy (non-hydrogen) atoms. The number of carbonyl (C=O) groups is 1. The average molecular weight is 428 g/mol. The van der Waals surface area contributed by atoms with Crippen molar-refractivity contribution in [3.63, 3.8) is 0 Å². The van der Waals surface area contributed by atoms with Gasteiger partial charge in [-0.1, -0.05) is 48.5 Å². The molecule has 6 nitrogen and oxygen atoms in total. The summed E-state index contributed by atoms with van der Waals surface area (Å²) in [4.78, 5) is 17.5. The van der Waals surface area contributed by atoms with Crippen LogP contribution in [0, 0.1) is 0 Å². The van der Waals surface area contributed by atoms with Gasteiger partial charge in [-0.15, -0.1) is 0 Å². The first kappa shape index (κ1) is 21.0. The minimum Gasteiger partial charge on any atom is -0.340 e. The normalized spacial score (nSPS) is 22.5. The van der Waals surface area contributed by atoms with Gasteiger partial charge < -0.3 is 4.90 Å². The number of benzene rings is 2. The SMILES string of the molecule is CC1(C)CN(S(=O)(=O)c2ccccc2)CC2CN(C(=O)Cc3ccccc3)CCN21. The molecule has 1 atom stereocenters. The van der Waals surface area contributed by atoms with E-state index in [-0.39, 0.29) is 17.5 Å². The number of rotatable bonds is 4. The van der Waals surface area contributed by atoms with Crippen molar-refractivity contribution in [3.05, 3.63) is 66.2 Å². The lowest BCUT2D eigenvalue weighted by Crippen LogP contribution is -2.70. The standard InChI is InChI=1S/C23H29N3O3S/c1-23(2)18-25(30(28,29)21-11-7-4-8-12-21)17-20-16-24(13-14-26(20)23)22(27)15-19-9-5-3-6-10-19/h3-12,20H,13-18H2,1-2H3. The Bertz CT molecular complexity index is 993. The highest BCUT2D eigenvalue weighted by Crippen LogP contribution is 2.31. The molecule has 2 aliphatic heterocycles. The van der Waals surface area contributed by atoms with Gasteiger partial charge in [0, 0.05) is 44.3 Å². The zero-order valence-corrected chi connectivity index (χ0v) is 18.4. The first-order valence-electron chi connectivity index (χ1n) is 10.4. The van der Waals surface area contributed by atoms with Crippen LogP contribution in [-0.2, 0) is 21.2 Å². The molecule has 2 aromatic rings. The fraction of sp³-hybridized carbons (Fsp3) is 0.435. The molecule has 2 fully saturated rings. The number of carbonyl (C=O) groups excluding carboxylic acids is 1. The maximum absolute atomic E-state index is 13.2. The number of hydrogen-bond acceptors (Lipinski definition) is 4. The minimum absolute atomic E-state index is 0.0132. The summed E-state index contributed by atoms with van der Waals surface area (Å²) in [6.07, 6.45) is 0.378. The van der Waals surface area contributed by atoms with Crippen LogP contribution in [0.1, 0.15) is 19.4 Å². The van der Waals surface area contributed by atoms with Crippen molar-refractivity contribution in [1.29, 1.82) is 0 Å². The van der Waals surface area contributed by atoms with Gasteiger partial charge in [-0.05, 0) is 31.5 Å². The van der Waals surface area contributed by atoms with E-state index in [0.29, 0.717) is 37.5 Å². The molecule has 0 bridgehead atoms. The van der Waals surface area contributed by atoms with E-state index < -0.39 is 10.0 Å². The average Bonchev–Trinajstić information content (AvgIpc) is 2.74. The predicted octanol–water partition coefficient (Wildman–Crippen LogP) is 2.23. The van der Waals surface area contributed by atoms with Gasteiger partial charge in [-0.2, -0.15) is 4.31 Å². The molecule has 4 rings (SSSR count). The molecule has 0 N–H and O–H groups in total. The summed E-state index contributed by atoms with van der Waals surface area (Å²) in [6.45, 7) is 7.01. The second-order valence-electron chi connectivity index (χ2n) is 8.77. The molecular weight excluding hydrogens is 398 g/mol. The summed E-state index contributed by atoms with van der Waals surface area (Å²) in [5.74, 6) is 0.0988. The van der Waals surface area contributed by atoms with Crippen molar-refractivity contribution in [3.8, 4) is 0 Å². The summed E-state index contributed by atoms with van der Waals surface area (Å²) < 4.78 is 28.1. The van der Waals surface area contributed by atoms with Gasteiger partial charge in [-0.3, -0.25) is 9.69 Å². The minimum atomic E-state index is -3.57. The molecule has 160 valence electrons. The summed E-state index contributed by atoms with van der Waals surface area (Å²) in [6, 6.07) is 18.3. The largest absolute Gasteiger partial charge is 0.340 e. The summed E-state index contributed by atoms with van der Waals surface area (Å²) in [7, 11) is -3.57. The van der Waals surface area contributed by atoms with Gasteiger partial charge in [0.05, 0.1) is 11.3 Å². The molecule has 0 radical (unpaired) electrons. The van der Waals surface area contributed by atoms with Crippen LogP contribution in [0.4, 0.5) is 0 Å². The molecule has 7 heteroatoms. The smallest absolute Gasteiger partial charge is 0.243 e. The second-order valence-corrected chi connectivity index (χ2v) is 10.7. The monoisotopic (exact) mass is 427 g/mol. The van der Waals surface area contributed by atoms with Gasteiger partial charge in [0.25, 0.3) is 0 Å². The predicted molar refractivity (Wildman–Crippen MR) is 116 cm³/mol. The topological polar surface area (TPSA) is 60.9 Å². The zero-order chi connectivity index (χ0) is 21.4. The lowest BCUT2D eigenvalue weighted by atomic mass is 9.94. The molecule has 2 saturated heterocycles. The number of piperazine rings is 2. The van der Waals surface area contributed by atoms with Crippen molar-refractivity contribution in [2.75, 3.05) is 32.7 Å². The Balaban J connectivity index is 1.51. The Morgan fingerprint density at radius 2 is 1.60 bits per heavy atom. The summed E-state index contributed by atoms with van der Waals surface area (Å²) in [5, 5.41) is 0. The van der Waals surface area contributed by atoms with Crippen LogP contribution in [0.5, 0.6) is 0 Å². The molecule has 1 amide bonds.